The molecule has 0 fully saturated rings. The van der Waals surface area contributed by atoms with E-state index in [2.05, 4.69) is 285 Å². The average Bonchev–Trinajstić information content (AvgIpc) is 4.17. The summed E-state index contributed by atoms with van der Waals surface area (Å²) in [5.74, 6) is 1.76. The highest BCUT2D eigenvalue weighted by molar-refractivity contribution is 6.32. The zero-order valence-corrected chi connectivity index (χ0v) is 48.3. The van der Waals surface area contributed by atoms with E-state index in [0.717, 1.165) is 22.7 Å². The standard InChI is InChI=1S/C74H74N4/c1-43(2)47-21-29-51(30-22-47)75(52-31-23-48(24-32-52)44(3)4)63-39-37-55-59-41-66-60(42-65(59)77-69-57(67(63)71(55)77)17-15-19-61(69)73(9,10)11)56-38-40-64(68-58-18-16-20-62(74(12,13)14)70(58)78(66)72(56)68)76(53-33-25-49(26-34-53)45(5)6)54-35-27-50(28-36-54)46(7)8/h15-46H,1-14H3. The monoisotopic (exact) mass is 1020 g/mol. The maximum absolute atomic E-state index is 2.66. The van der Waals surface area contributed by atoms with E-state index >= 15 is 0 Å². The van der Waals surface area contributed by atoms with Crippen LogP contribution < -0.4 is 9.80 Å². The van der Waals surface area contributed by atoms with Crippen LogP contribution in [0.1, 0.15) is 154 Å². The van der Waals surface area contributed by atoms with Crippen molar-refractivity contribution < 1.29 is 0 Å². The van der Waals surface area contributed by atoms with E-state index in [1.807, 2.05) is 0 Å². The third kappa shape index (κ3) is 7.53. The van der Waals surface area contributed by atoms with Gasteiger partial charge in [-0.15, -0.1) is 0 Å². The molecular formula is C74H74N4. The van der Waals surface area contributed by atoms with Crippen LogP contribution in [0.2, 0.25) is 0 Å². The molecule has 0 saturated heterocycles. The minimum Gasteiger partial charge on any atom is -0.310 e. The second-order valence-electron chi connectivity index (χ2n) is 25.8. The largest absolute Gasteiger partial charge is 0.310 e. The van der Waals surface area contributed by atoms with Gasteiger partial charge in [0.1, 0.15) is 0 Å². The van der Waals surface area contributed by atoms with Crippen LogP contribution >= 0.6 is 0 Å². The van der Waals surface area contributed by atoms with Crippen molar-refractivity contribution in [3.05, 3.63) is 203 Å². The van der Waals surface area contributed by atoms with Crippen LogP contribution in [0.5, 0.6) is 0 Å². The summed E-state index contributed by atoms with van der Waals surface area (Å²) in [4.78, 5) is 5.02. The lowest BCUT2D eigenvalue weighted by atomic mass is 9.85. The molecule has 0 unspecified atom stereocenters. The fourth-order valence-electron chi connectivity index (χ4n) is 13.1. The number of benzene rings is 9. The molecule has 0 N–H and O–H groups in total. The van der Waals surface area contributed by atoms with Gasteiger partial charge in [0.15, 0.2) is 0 Å². The summed E-state index contributed by atoms with van der Waals surface area (Å²) >= 11 is 0. The smallest absolute Gasteiger partial charge is 0.0641 e. The molecule has 13 aromatic rings. The van der Waals surface area contributed by atoms with Gasteiger partial charge in [-0.2, -0.15) is 0 Å². The number of hydrogen-bond acceptors (Lipinski definition) is 2. The van der Waals surface area contributed by atoms with Crippen molar-refractivity contribution in [3.63, 3.8) is 0 Å². The molecule has 0 aliphatic carbocycles. The molecule has 13 rings (SSSR count). The maximum Gasteiger partial charge on any atom is 0.0641 e. The van der Waals surface area contributed by atoms with Crippen molar-refractivity contribution >= 4 is 110 Å². The first kappa shape index (κ1) is 49.7. The van der Waals surface area contributed by atoms with Crippen molar-refractivity contribution in [2.24, 2.45) is 0 Å². The predicted octanol–water partition coefficient (Wildman–Crippen LogP) is 22.0. The molecule has 0 aliphatic rings. The third-order valence-corrected chi connectivity index (χ3v) is 17.4. The first-order valence-electron chi connectivity index (χ1n) is 28.7. The molecule has 4 heteroatoms. The Morgan fingerprint density at radius 1 is 0.308 bits per heavy atom. The molecule has 0 spiro atoms. The van der Waals surface area contributed by atoms with E-state index < -0.39 is 0 Å². The summed E-state index contributed by atoms with van der Waals surface area (Å²) < 4.78 is 5.31. The number of aromatic nitrogens is 2. The maximum atomic E-state index is 2.66. The Morgan fingerprint density at radius 2 is 0.603 bits per heavy atom. The molecule has 4 nitrogen and oxygen atoms in total. The number of nitrogens with zero attached hydrogens (tertiary/aromatic N) is 4. The Labute approximate surface area is 461 Å². The molecule has 0 aliphatic heterocycles. The minimum atomic E-state index is -0.120. The average molecular weight is 1020 g/mol. The van der Waals surface area contributed by atoms with Gasteiger partial charge in [0, 0.05) is 65.8 Å². The second kappa shape index (κ2) is 17.9. The highest BCUT2D eigenvalue weighted by atomic mass is 15.2. The summed E-state index contributed by atoms with van der Waals surface area (Å²) in [6.45, 7) is 32.5. The Balaban J connectivity index is 1.15. The normalized spacial score (nSPS) is 12.9. The highest BCUT2D eigenvalue weighted by Crippen LogP contribution is 2.53. The Bertz CT molecular complexity index is 4020. The van der Waals surface area contributed by atoms with Crippen LogP contribution in [0.3, 0.4) is 0 Å². The molecule has 0 amide bonds. The summed E-state index contributed by atoms with van der Waals surface area (Å²) in [6.07, 6.45) is 0. The zero-order valence-electron chi connectivity index (χ0n) is 48.3. The Morgan fingerprint density at radius 3 is 0.872 bits per heavy atom. The lowest BCUT2D eigenvalue weighted by Gasteiger charge is -2.27. The van der Waals surface area contributed by atoms with Gasteiger partial charge >= 0.3 is 0 Å². The van der Waals surface area contributed by atoms with Gasteiger partial charge < -0.3 is 18.6 Å². The van der Waals surface area contributed by atoms with Crippen LogP contribution in [-0.2, 0) is 10.8 Å². The van der Waals surface area contributed by atoms with E-state index in [1.54, 1.807) is 0 Å². The number of para-hydroxylation sites is 2. The van der Waals surface area contributed by atoms with Crippen LogP contribution in [-0.4, -0.2) is 8.80 Å². The molecule has 0 saturated carbocycles. The number of hydrogen-bond donors (Lipinski definition) is 0. The van der Waals surface area contributed by atoms with Crippen molar-refractivity contribution in [2.75, 3.05) is 9.80 Å². The molecule has 0 bridgehead atoms. The molecule has 4 aromatic heterocycles. The first-order chi connectivity index (χ1) is 37.3. The molecule has 390 valence electrons. The molecule has 0 atom stereocenters. The first-order valence-corrected chi connectivity index (χ1v) is 28.7. The zero-order chi connectivity index (χ0) is 54.4. The van der Waals surface area contributed by atoms with Crippen molar-refractivity contribution in [3.8, 4) is 0 Å². The third-order valence-electron chi connectivity index (χ3n) is 17.4. The highest BCUT2D eigenvalue weighted by Gasteiger charge is 2.32. The summed E-state index contributed by atoms with van der Waals surface area (Å²) in [7, 11) is 0. The number of anilines is 6. The van der Waals surface area contributed by atoms with Crippen molar-refractivity contribution in [1.29, 1.82) is 0 Å². The van der Waals surface area contributed by atoms with E-state index in [9.17, 15) is 0 Å². The van der Waals surface area contributed by atoms with Crippen LogP contribution in [0, 0.1) is 0 Å². The van der Waals surface area contributed by atoms with Crippen molar-refractivity contribution in [1.82, 2.24) is 8.80 Å². The van der Waals surface area contributed by atoms with Crippen LogP contribution in [0.4, 0.5) is 34.1 Å². The summed E-state index contributed by atoms with van der Waals surface area (Å²) in [5.41, 5.74) is 22.4. The quantitative estimate of drug-likeness (QED) is 0.136. The Hall–Kier alpha value is -7.82. The van der Waals surface area contributed by atoms with E-state index in [0.29, 0.717) is 23.7 Å². The molecule has 4 heterocycles. The van der Waals surface area contributed by atoms with Gasteiger partial charge in [0.2, 0.25) is 0 Å². The predicted molar refractivity (Wildman–Crippen MR) is 339 cm³/mol. The fraction of sp³-hybridized carbons (Fsp3) is 0.270. The lowest BCUT2D eigenvalue weighted by molar-refractivity contribution is 0.594. The lowest BCUT2D eigenvalue weighted by Crippen LogP contribution is -2.12. The van der Waals surface area contributed by atoms with E-state index in [-0.39, 0.29) is 10.8 Å². The minimum absolute atomic E-state index is 0.120. The SMILES string of the molecule is CC(C)c1ccc(N(c2ccc(C(C)C)cc2)c2ccc3c4cc5c(cc4n4c6c(C(C)(C)C)cccc6c2c34)c2ccc(N(c3ccc(C(C)C)cc3)c3ccc(C(C)C)cc3)c3c4cccc(C(C)(C)C)c4n5c23)cc1. The Kier molecular flexibility index (Phi) is 11.4. The molecular weight excluding hydrogens is 945 g/mol. The van der Waals surface area contributed by atoms with Gasteiger partial charge in [0.05, 0.1) is 44.5 Å². The van der Waals surface area contributed by atoms with E-state index in [1.165, 1.54) is 121 Å². The number of fused-ring (bicyclic) bond motifs is 12. The van der Waals surface area contributed by atoms with Crippen LogP contribution in [0.25, 0.3) is 76.2 Å². The molecule has 78 heavy (non-hydrogen) atoms. The second-order valence-corrected chi connectivity index (χ2v) is 25.8. The van der Waals surface area contributed by atoms with Crippen LogP contribution in [0.15, 0.2) is 170 Å². The van der Waals surface area contributed by atoms with Gasteiger partial charge in [-0.3, -0.25) is 0 Å². The summed E-state index contributed by atoms with van der Waals surface area (Å²) in [6, 6.07) is 66.0. The topological polar surface area (TPSA) is 15.3 Å². The van der Waals surface area contributed by atoms with Gasteiger partial charge in [0.25, 0.3) is 0 Å². The van der Waals surface area contributed by atoms with Gasteiger partial charge in [-0.25, -0.2) is 0 Å². The summed E-state index contributed by atoms with van der Waals surface area (Å²) in [5, 5.41) is 10.2. The fourth-order valence-corrected chi connectivity index (χ4v) is 13.1. The van der Waals surface area contributed by atoms with Gasteiger partial charge in [-0.05, 0) is 141 Å². The molecule has 0 radical (unpaired) electrons. The van der Waals surface area contributed by atoms with Crippen molar-refractivity contribution in [2.45, 2.75) is 131 Å². The molecule has 9 aromatic carbocycles. The van der Waals surface area contributed by atoms with E-state index in [4.69, 9.17) is 0 Å². The number of rotatable bonds is 10. The van der Waals surface area contributed by atoms with Gasteiger partial charge in [-0.1, -0.05) is 194 Å².